The molecule has 4 aromatic rings. The summed E-state index contributed by atoms with van der Waals surface area (Å²) in [6.45, 7) is 6.00. The number of imidazole rings is 1. The minimum atomic E-state index is -0.655. The smallest absolute Gasteiger partial charge is 0.243 e. The summed E-state index contributed by atoms with van der Waals surface area (Å²) in [4.78, 5) is 22.3. The Balaban J connectivity index is 1.65. The van der Waals surface area contributed by atoms with E-state index in [9.17, 15) is 13.6 Å². The second-order valence-corrected chi connectivity index (χ2v) is 8.30. The zero-order chi connectivity index (χ0) is 23.5. The van der Waals surface area contributed by atoms with Crippen LogP contribution < -0.4 is 5.32 Å². The zero-order valence-electron chi connectivity index (χ0n) is 18.8. The first kappa shape index (κ1) is 22.6. The molecule has 2 heterocycles. The molecule has 2 aromatic heterocycles. The summed E-state index contributed by atoms with van der Waals surface area (Å²) in [5.41, 5.74) is 5.05. The van der Waals surface area contributed by atoms with Crippen LogP contribution in [0.15, 0.2) is 61.1 Å². The van der Waals surface area contributed by atoms with Crippen molar-refractivity contribution in [3.63, 3.8) is 0 Å². The number of halogens is 2. The van der Waals surface area contributed by atoms with Crippen molar-refractivity contribution in [2.75, 3.05) is 0 Å². The highest BCUT2D eigenvalue weighted by atomic mass is 19.1. The molecule has 0 bridgehead atoms. The van der Waals surface area contributed by atoms with Crippen LogP contribution >= 0.6 is 0 Å². The molecule has 33 heavy (non-hydrogen) atoms. The number of aromatic nitrogens is 3. The molecule has 2 aromatic carbocycles. The standard InChI is InChI=1S/C26H26F2N4O/c1-4-24(32-15-30-23-9-16(2)17(3)10-25(23)32)26(33)31-22(21-7-5-6-8-29-21)13-18-11-19(27)14-20(28)12-18/h5-12,14-15,22,24H,4,13H2,1-3H3,(H,31,33)/t22-,24?/m0/s1. The second-order valence-electron chi connectivity index (χ2n) is 8.30. The predicted octanol–water partition coefficient (Wildman–Crippen LogP) is 5.38. The molecule has 0 saturated carbocycles. The van der Waals surface area contributed by atoms with Gasteiger partial charge in [-0.1, -0.05) is 13.0 Å². The minimum Gasteiger partial charge on any atom is -0.346 e. The predicted molar refractivity (Wildman–Crippen MR) is 124 cm³/mol. The highest BCUT2D eigenvalue weighted by Gasteiger charge is 2.25. The van der Waals surface area contributed by atoms with E-state index < -0.39 is 23.7 Å². The lowest BCUT2D eigenvalue weighted by atomic mass is 10.0. The highest BCUT2D eigenvalue weighted by Crippen LogP contribution is 2.25. The van der Waals surface area contributed by atoms with Gasteiger partial charge < -0.3 is 9.88 Å². The third kappa shape index (κ3) is 4.92. The Morgan fingerprint density at radius 2 is 1.76 bits per heavy atom. The molecule has 0 spiro atoms. The molecule has 0 fully saturated rings. The summed E-state index contributed by atoms with van der Waals surface area (Å²) < 4.78 is 29.4. The van der Waals surface area contributed by atoms with Gasteiger partial charge in [0.05, 0.1) is 29.1 Å². The zero-order valence-corrected chi connectivity index (χ0v) is 18.8. The van der Waals surface area contributed by atoms with Crippen molar-refractivity contribution in [1.82, 2.24) is 19.9 Å². The Bertz CT molecular complexity index is 1270. The van der Waals surface area contributed by atoms with E-state index in [1.165, 1.54) is 12.1 Å². The van der Waals surface area contributed by atoms with Crippen molar-refractivity contribution in [2.45, 2.75) is 45.7 Å². The van der Waals surface area contributed by atoms with E-state index >= 15 is 0 Å². The lowest BCUT2D eigenvalue weighted by Gasteiger charge is -2.23. The molecule has 0 saturated heterocycles. The second kappa shape index (κ2) is 9.48. The number of hydrogen-bond donors (Lipinski definition) is 1. The average molecular weight is 449 g/mol. The molecule has 7 heteroatoms. The largest absolute Gasteiger partial charge is 0.346 e. The Kier molecular flexibility index (Phi) is 6.49. The molecule has 0 aliphatic rings. The Morgan fingerprint density at radius 3 is 2.42 bits per heavy atom. The van der Waals surface area contributed by atoms with E-state index in [4.69, 9.17) is 0 Å². The van der Waals surface area contributed by atoms with Gasteiger partial charge >= 0.3 is 0 Å². The van der Waals surface area contributed by atoms with E-state index in [1.807, 2.05) is 43.5 Å². The van der Waals surface area contributed by atoms with Crippen LogP contribution in [0, 0.1) is 25.5 Å². The Hall–Kier alpha value is -3.61. The molecule has 0 radical (unpaired) electrons. The molecular formula is C26H26F2N4O. The Labute approximate surface area is 191 Å². The Morgan fingerprint density at radius 1 is 1.03 bits per heavy atom. The maximum Gasteiger partial charge on any atom is 0.243 e. The number of amides is 1. The maximum absolute atomic E-state index is 13.8. The van der Waals surface area contributed by atoms with Crippen LogP contribution in [-0.2, 0) is 11.2 Å². The van der Waals surface area contributed by atoms with Gasteiger partial charge in [0.2, 0.25) is 5.91 Å². The number of nitrogens with one attached hydrogen (secondary N) is 1. The maximum atomic E-state index is 13.8. The number of rotatable bonds is 7. The van der Waals surface area contributed by atoms with E-state index in [0.29, 0.717) is 17.7 Å². The third-order valence-corrected chi connectivity index (χ3v) is 5.94. The van der Waals surface area contributed by atoms with Crippen molar-refractivity contribution in [3.8, 4) is 0 Å². The normalized spacial score (nSPS) is 13.1. The fourth-order valence-corrected chi connectivity index (χ4v) is 4.08. The summed E-state index contributed by atoms with van der Waals surface area (Å²) in [6, 6.07) is 11.8. The lowest BCUT2D eigenvalue weighted by Crippen LogP contribution is -2.36. The van der Waals surface area contributed by atoms with Gasteiger partial charge in [-0.25, -0.2) is 13.8 Å². The van der Waals surface area contributed by atoms with E-state index in [2.05, 4.69) is 15.3 Å². The summed E-state index contributed by atoms with van der Waals surface area (Å²) >= 11 is 0. The third-order valence-electron chi connectivity index (χ3n) is 5.94. The number of benzene rings is 2. The van der Waals surface area contributed by atoms with Gasteiger partial charge in [-0.3, -0.25) is 9.78 Å². The monoisotopic (exact) mass is 448 g/mol. The van der Waals surface area contributed by atoms with Gasteiger partial charge in [0, 0.05) is 12.3 Å². The first-order valence-corrected chi connectivity index (χ1v) is 11.0. The van der Waals surface area contributed by atoms with Gasteiger partial charge in [0.1, 0.15) is 17.7 Å². The number of pyridine rings is 1. The fraction of sp³-hybridized carbons (Fsp3) is 0.269. The van der Waals surface area contributed by atoms with Crippen LogP contribution in [0.4, 0.5) is 8.78 Å². The minimum absolute atomic E-state index is 0.205. The molecular weight excluding hydrogens is 422 g/mol. The molecule has 170 valence electrons. The molecule has 0 aliphatic carbocycles. The first-order chi connectivity index (χ1) is 15.9. The average Bonchev–Trinajstić information content (AvgIpc) is 3.16. The molecule has 1 unspecified atom stereocenters. The SMILES string of the molecule is CCC(C(=O)N[C@@H](Cc1cc(F)cc(F)c1)c1ccccn1)n1cnc2cc(C)c(C)cc21. The highest BCUT2D eigenvalue weighted by molar-refractivity contribution is 5.84. The van der Waals surface area contributed by atoms with Crippen molar-refractivity contribution < 1.29 is 13.6 Å². The van der Waals surface area contributed by atoms with E-state index in [0.717, 1.165) is 28.2 Å². The van der Waals surface area contributed by atoms with Crippen LogP contribution in [-0.4, -0.2) is 20.4 Å². The van der Waals surface area contributed by atoms with Crippen molar-refractivity contribution in [1.29, 1.82) is 0 Å². The van der Waals surface area contributed by atoms with Crippen molar-refractivity contribution >= 4 is 16.9 Å². The summed E-state index contributed by atoms with van der Waals surface area (Å²) in [5, 5.41) is 3.06. The molecule has 0 aliphatic heterocycles. The van der Waals surface area contributed by atoms with Gasteiger partial charge in [-0.2, -0.15) is 0 Å². The van der Waals surface area contributed by atoms with Crippen LogP contribution in [0.3, 0.4) is 0 Å². The van der Waals surface area contributed by atoms with Gasteiger partial charge in [-0.15, -0.1) is 0 Å². The number of hydrogen-bond acceptors (Lipinski definition) is 3. The van der Waals surface area contributed by atoms with Gasteiger partial charge in [0.15, 0.2) is 0 Å². The van der Waals surface area contributed by atoms with E-state index in [-0.39, 0.29) is 12.3 Å². The van der Waals surface area contributed by atoms with Crippen LogP contribution in [0.2, 0.25) is 0 Å². The van der Waals surface area contributed by atoms with Gasteiger partial charge in [0.25, 0.3) is 0 Å². The van der Waals surface area contributed by atoms with Gasteiger partial charge in [-0.05, 0) is 79.8 Å². The summed E-state index contributed by atoms with van der Waals surface area (Å²) in [5.74, 6) is -1.52. The summed E-state index contributed by atoms with van der Waals surface area (Å²) in [7, 11) is 0. The number of fused-ring (bicyclic) bond motifs is 1. The van der Waals surface area contributed by atoms with Crippen LogP contribution in [0.25, 0.3) is 11.0 Å². The molecule has 4 rings (SSSR count). The number of carbonyl (C=O) groups is 1. The summed E-state index contributed by atoms with van der Waals surface area (Å²) in [6.07, 6.45) is 4.08. The lowest BCUT2D eigenvalue weighted by molar-refractivity contribution is -0.125. The molecule has 2 atom stereocenters. The number of aryl methyl sites for hydroxylation is 2. The van der Waals surface area contributed by atoms with Crippen LogP contribution in [0.1, 0.15) is 47.8 Å². The molecule has 1 N–H and O–H groups in total. The quantitative estimate of drug-likeness (QED) is 0.413. The number of nitrogens with zero attached hydrogens (tertiary/aromatic N) is 3. The van der Waals surface area contributed by atoms with Crippen LogP contribution in [0.5, 0.6) is 0 Å². The topological polar surface area (TPSA) is 59.8 Å². The molecule has 1 amide bonds. The fourth-order valence-electron chi connectivity index (χ4n) is 4.08. The first-order valence-electron chi connectivity index (χ1n) is 11.0. The molecule has 5 nitrogen and oxygen atoms in total. The number of carbonyl (C=O) groups excluding carboxylic acids is 1. The van der Waals surface area contributed by atoms with Crippen molar-refractivity contribution in [2.24, 2.45) is 0 Å². The van der Waals surface area contributed by atoms with E-state index in [1.54, 1.807) is 24.7 Å². The van der Waals surface area contributed by atoms with Crippen molar-refractivity contribution in [3.05, 3.63) is 95.1 Å².